The number of nitrogens with two attached hydrogens (primary N) is 1. The number of nitriles is 1. The number of hydrogen-bond acceptors (Lipinski definition) is 6. The molecule has 1 atom stereocenters. The van der Waals surface area contributed by atoms with Gasteiger partial charge in [0.25, 0.3) is 5.91 Å². The number of halogens is 1. The van der Waals surface area contributed by atoms with Crippen molar-refractivity contribution in [3.63, 3.8) is 0 Å². The second-order valence-electron chi connectivity index (χ2n) is 6.97. The predicted octanol–water partition coefficient (Wildman–Crippen LogP) is 2.35. The summed E-state index contributed by atoms with van der Waals surface area (Å²) >= 11 is 0. The van der Waals surface area contributed by atoms with Crippen LogP contribution in [-0.2, 0) is 11.2 Å². The molecular formula is C22H20FN5O3. The predicted molar refractivity (Wildman–Crippen MR) is 110 cm³/mol. The third-order valence-electron chi connectivity index (χ3n) is 4.87. The summed E-state index contributed by atoms with van der Waals surface area (Å²) in [6.45, 7) is 0.508. The fourth-order valence-electron chi connectivity index (χ4n) is 3.28. The van der Waals surface area contributed by atoms with Crippen LogP contribution in [0.15, 0.2) is 48.5 Å². The molecular weight excluding hydrogens is 401 g/mol. The van der Waals surface area contributed by atoms with Crippen molar-refractivity contribution < 1.29 is 18.7 Å². The number of hydrogen-bond donors (Lipinski definition) is 2. The minimum absolute atomic E-state index is 0.139. The first kappa shape index (κ1) is 20.2. The molecule has 2 heterocycles. The molecule has 2 aromatic carbocycles. The number of benzene rings is 2. The third kappa shape index (κ3) is 4.28. The smallest absolute Gasteiger partial charge is 0.264 e. The van der Waals surface area contributed by atoms with Crippen molar-refractivity contribution in [2.45, 2.75) is 18.9 Å². The Morgan fingerprint density at radius 3 is 2.74 bits per heavy atom. The van der Waals surface area contributed by atoms with Crippen molar-refractivity contribution in [1.82, 2.24) is 15.1 Å². The lowest BCUT2D eigenvalue weighted by Crippen LogP contribution is -2.44. The van der Waals surface area contributed by atoms with E-state index in [4.69, 9.17) is 15.2 Å². The van der Waals surface area contributed by atoms with E-state index in [1.54, 1.807) is 12.1 Å². The molecule has 1 aromatic heterocycles. The van der Waals surface area contributed by atoms with Gasteiger partial charge in [0.15, 0.2) is 11.5 Å². The summed E-state index contributed by atoms with van der Waals surface area (Å²) in [4.78, 5) is 12.4. The van der Waals surface area contributed by atoms with Gasteiger partial charge in [-0.15, -0.1) is 0 Å². The van der Waals surface area contributed by atoms with Gasteiger partial charge in [0.05, 0.1) is 11.4 Å². The highest BCUT2D eigenvalue weighted by Crippen LogP contribution is 2.30. The second-order valence-corrected chi connectivity index (χ2v) is 6.97. The number of nitrogens with one attached hydrogen (secondary N) is 1. The molecule has 3 N–H and O–H groups in total. The zero-order valence-electron chi connectivity index (χ0n) is 16.5. The van der Waals surface area contributed by atoms with Gasteiger partial charge in [0.2, 0.25) is 6.10 Å². The van der Waals surface area contributed by atoms with Crippen molar-refractivity contribution in [3.8, 4) is 23.3 Å². The molecule has 8 nitrogen and oxygen atoms in total. The molecule has 0 radical (unpaired) electrons. The zero-order valence-corrected chi connectivity index (χ0v) is 16.5. The molecule has 0 saturated heterocycles. The molecule has 4 rings (SSSR count). The zero-order chi connectivity index (χ0) is 21.8. The largest absolute Gasteiger partial charge is 0.485 e. The van der Waals surface area contributed by atoms with Gasteiger partial charge in [-0.05, 0) is 49.2 Å². The first-order valence-electron chi connectivity index (χ1n) is 9.76. The van der Waals surface area contributed by atoms with Crippen LogP contribution in [0.5, 0.6) is 11.5 Å². The van der Waals surface area contributed by atoms with E-state index in [9.17, 15) is 14.4 Å². The summed E-state index contributed by atoms with van der Waals surface area (Å²) in [7, 11) is 0. The topological polar surface area (TPSA) is 115 Å². The van der Waals surface area contributed by atoms with Gasteiger partial charge in [-0.25, -0.2) is 9.07 Å². The Hall–Kier alpha value is -4.06. The fraction of sp³-hybridized carbons (Fsp3) is 0.227. The number of para-hydroxylation sites is 2. The molecule has 0 bridgehead atoms. The van der Waals surface area contributed by atoms with Gasteiger partial charge < -0.3 is 20.5 Å². The SMILES string of the molecule is N#Cc1c(CCCNC(=O)C2COc3ccccc3O2)nn(-c2ccc(F)cc2)c1N. The summed E-state index contributed by atoms with van der Waals surface area (Å²) < 4.78 is 25.8. The number of anilines is 1. The van der Waals surface area contributed by atoms with Crippen LogP contribution in [0.1, 0.15) is 17.7 Å². The minimum Gasteiger partial charge on any atom is -0.485 e. The number of ether oxygens (including phenoxy) is 2. The quantitative estimate of drug-likeness (QED) is 0.591. The van der Waals surface area contributed by atoms with Crippen molar-refractivity contribution in [3.05, 3.63) is 65.6 Å². The molecule has 1 amide bonds. The van der Waals surface area contributed by atoms with E-state index in [1.165, 1.54) is 28.9 Å². The van der Waals surface area contributed by atoms with E-state index in [2.05, 4.69) is 16.5 Å². The number of nitrogens with zero attached hydrogens (tertiary/aromatic N) is 3. The maximum atomic E-state index is 13.2. The standard InChI is InChI=1S/C22H20FN5O3/c23-14-7-9-15(10-8-14)28-21(25)16(12-24)17(27-28)4-3-11-26-22(29)20-13-30-18-5-1-2-6-19(18)31-20/h1-2,5-10,20H,3-4,11,13,25H2,(H,26,29). The normalized spacial score (nSPS) is 14.6. The van der Waals surface area contributed by atoms with Crippen LogP contribution in [-0.4, -0.2) is 34.9 Å². The van der Waals surface area contributed by atoms with E-state index >= 15 is 0 Å². The lowest BCUT2D eigenvalue weighted by Gasteiger charge is -2.25. The minimum atomic E-state index is -0.724. The van der Waals surface area contributed by atoms with Crippen LogP contribution < -0.4 is 20.5 Å². The van der Waals surface area contributed by atoms with Crippen molar-refractivity contribution >= 4 is 11.7 Å². The maximum Gasteiger partial charge on any atom is 0.264 e. The first-order chi connectivity index (χ1) is 15.1. The lowest BCUT2D eigenvalue weighted by molar-refractivity contribution is -0.130. The second kappa shape index (κ2) is 8.75. The molecule has 0 fully saturated rings. The number of rotatable bonds is 6. The van der Waals surface area contributed by atoms with E-state index in [0.29, 0.717) is 42.3 Å². The number of fused-ring (bicyclic) bond motifs is 1. The summed E-state index contributed by atoms with van der Waals surface area (Å²) in [5, 5.41) is 16.7. The van der Waals surface area contributed by atoms with Crippen LogP contribution in [0.4, 0.5) is 10.2 Å². The highest BCUT2D eigenvalue weighted by molar-refractivity contribution is 5.81. The van der Waals surface area contributed by atoms with Crippen molar-refractivity contribution in [2.24, 2.45) is 0 Å². The van der Waals surface area contributed by atoms with Gasteiger partial charge in [-0.1, -0.05) is 12.1 Å². The number of aromatic nitrogens is 2. The summed E-state index contributed by atoms with van der Waals surface area (Å²) in [5.74, 6) is 0.701. The van der Waals surface area contributed by atoms with Crippen LogP contribution in [0.25, 0.3) is 5.69 Å². The average molecular weight is 421 g/mol. The van der Waals surface area contributed by atoms with Gasteiger partial charge in [-0.3, -0.25) is 4.79 Å². The molecule has 158 valence electrons. The number of carbonyl (C=O) groups excluding carboxylic acids is 1. The Morgan fingerprint density at radius 1 is 1.26 bits per heavy atom. The molecule has 0 spiro atoms. The highest BCUT2D eigenvalue weighted by Gasteiger charge is 2.27. The van der Waals surface area contributed by atoms with Crippen LogP contribution in [0, 0.1) is 17.1 Å². The summed E-state index contributed by atoms with van der Waals surface area (Å²) in [6.07, 6.45) is 0.259. The molecule has 1 aliphatic rings. The first-order valence-corrected chi connectivity index (χ1v) is 9.76. The molecule has 0 saturated carbocycles. The molecule has 9 heteroatoms. The Kier molecular flexibility index (Phi) is 5.71. The van der Waals surface area contributed by atoms with E-state index in [1.807, 2.05) is 12.1 Å². The summed E-state index contributed by atoms with van der Waals surface area (Å²) in [5.41, 5.74) is 7.41. The Labute approximate surface area is 178 Å². The lowest BCUT2D eigenvalue weighted by atomic mass is 10.1. The average Bonchev–Trinajstić information content (AvgIpc) is 3.11. The van der Waals surface area contributed by atoms with E-state index in [0.717, 1.165) is 0 Å². The molecule has 1 aliphatic heterocycles. The molecule has 0 aliphatic carbocycles. The van der Waals surface area contributed by atoms with Gasteiger partial charge >= 0.3 is 0 Å². The van der Waals surface area contributed by atoms with Crippen molar-refractivity contribution in [2.75, 3.05) is 18.9 Å². The van der Waals surface area contributed by atoms with Gasteiger partial charge in [0.1, 0.15) is 29.9 Å². The summed E-state index contributed by atoms with van der Waals surface area (Å²) in [6, 6.07) is 14.9. The highest BCUT2D eigenvalue weighted by atomic mass is 19.1. The van der Waals surface area contributed by atoms with Crippen molar-refractivity contribution in [1.29, 1.82) is 5.26 Å². The molecule has 31 heavy (non-hydrogen) atoms. The Morgan fingerprint density at radius 2 is 2.00 bits per heavy atom. The molecule has 3 aromatic rings. The van der Waals surface area contributed by atoms with Gasteiger partial charge in [-0.2, -0.15) is 10.4 Å². The Balaban J connectivity index is 1.34. The Bertz CT molecular complexity index is 1140. The van der Waals surface area contributed by atoms with Crippen LogP contribution >= 0.6 is 0 Å². The maximum absolute atomic E-state index is 13.2. The number of carbonyl (C=O) groups is 1. The monoisotopic (exact) mass is 421 g/mol. The fourth-order valence-corrected chi connectivity index (χ4v) is 3.28. The van der Waals surface area contributed by atoms with E-state index < -0.39 is 6.10 Å². The number of aryl methyl sites for hydroxylation is 1. The van der Waals surface area contributed by atoms with Crippen LogP contribution in [0.2, 0.25) is 0 Å². The third-order valence-corrected chi connectivity index (χ3v) is 4.87. The number of amides is 1. The van der Waals surface area contributed by atoms with Crippen LogP contribution in [0.3, 0.4) is 0 Å². The van der Waals surface area contributed by atoms with Gasteiger partial charge in [0, 0.05) is 6.54 Å². The molecule has 1 unspecified atom stereocenters. The number of nitrogen functional groups attached to an aromatic ring is 1. The van der Waals surface area contributed by atoms with E-state index in [-0.39, 0.29) is 29.7 Å².